The zero-order valence-corrected chi connectivity index (χ0v) is 23.3. The third kappa shape index (κ3) is 5.31. The second kappa shape index (κ2) is 10.8. The molecule has 0 radical (unpaired) electrons. The molecular weight excluding hydrogens is 478 g/mol. The number of ether oxygens (including phenoxy) is 2. The first-order chi connectivity index (χ1) is 18.3. The number of aromatic amines is 1. The fraction of sp³-hybridized carbons (Fsp3) is 0.517. The number of rotatable bonds is 9. The van der Waals surface area contributed by atoms with Crippen molar-refractivity contribution < 1.29 is 9.47 Å². The highest BCUT2D eigenvalue weighted by atomic mass is 16.5. The van der Waals surface area contributed by atoms with Gasteiger partial charge in [-0.3, -0.25) is 10.1 Å². The molecule has 0 saturated heterocycles. The van der Waals surface area contributed by atoms with Crippen molar-refractivity contribution in [3.8, 4) is 28.4 Å². The Morgan fingerprint density at radius 1 is 1.13 bits per heavy atom. The molecule has 5 rings (SSSR count). The number of hydrogen-bond acceptors (Lipinski definition) is 7. The molecular formula is C29H39N7O2. The van der Waals surface area contributed by atoms with Gasteiger partial charge < -0.3 is 14.8 Å². The van der Waals surface area contributed by atoms with Gasteiger partial charge in [0.2, 0.25) is 0 Å². The third-order valence-electron chi connectivity index (χ3n) is 7.83. The van der Waals surface area contributed by atoms with Crippen molar-refractivity contribution in [1.29, 1.82) is 0 Å². The molecule has 2 N–H and O–H groups in total. The van der Waals surface area contributed by atoms with Crippen LogP contribution < -0.4 is 10.1 Å². The second-order valence-corrected chi connectivity index (χ2v) is 11.2. The molecule has 1 aliphatic carbocycles. The van der Waals surface area contributed by atoms with Gasteiger partial charge in [0.05, 0.1) is 24.1 Å². The molecule has 4 aromatic heterocycles. The van der Waals surface area contributed by atoms with Crippen LogP contribution in [0.2, 0.25) is 0 Å². The molecule has 9 nitrogen and oxygen atoms in total. The lowest BCUT2D eigenvalue weighted by Gasteiger charge is -2.32. The predicted molar refractivity (Wildman–Crippen MR) is 149 cm³/mol. The number of pyridine rings is 2. The number of nitrogens with zero attached hydrogens (tertiary/aromatic N) is 5. The summed E-state index contributed by atoms with van der Waals surface area (Å²) in [5.74, 6) is 1.45. The Hall–Kier alpha value is -3.30. The molecule has 4 heterocycles. The SMILES string of the molecule is COc1cc(-c2[nH]nc(-c3ccc(C4CCC(NCC(C)(C)OC)CC4)cn3)c2C(C)C)cn2ncnc12. The topological polar surface area (TPSA) is 102 Å². The van der Waals surface area contributed by atoms with Crippen LogP contribution in [-0.4, -0.2) is 62.2 Å². The van der Waals surface area contributed by atoms with E-state index in [0.717, 1.165) is 34.8 Å². The molecule has 4 aromatic rings. The number of aromatic nitrogens is 6. The predicted octanol–water partition coefficient (Wildman–Crippen LogP) is 5.35. The van der Waals surface area contributed by atoms with E-state index in [0.29, 0.717) is 23.4 Å². The molecule has 0 bridgehead atoms. The van der Waals surface area contributed by atoms with Crippen LogP contribution in [0.15, 0.2) is 36.9 Å². The summed E-state index contributed by atoms with van der Waals surface area (Å²) in [6, 6.07) is 6.89. The lowest BCUT2D eigenvalue weighted by molar-refractivity contribution is 0.0199. The fourth-order valence-electron chi connectivity index (χ4n) is 5.39. The van der Waals surface area contributed by atoms with Gasteiger partial charge in [0, 0.05) is 43.2 Å². The van der Waals surface area contributed by atoms with Gasteiger partial charge in [-0.05, 0) is 69.1 Å². The number of methoxy groups -OCH3 is 2. The van der Waals surface area contributed by atoms with Crippen molar-refractivity contribution in [2.75, 3.05) is 20.8 Å². The maximum atomic E-state index is 5.57. The van der Waals surface area contributed by atoms with Crippen molar-refractivity contribution in [2.45, 2.75) is 76.9 Å². The van der Waals surface area contributed by atoms with Crippen molar-refractivity contribution in [3.05, 3.63) is 48.0 Å². The van der Waals surface area contributed by atoms with Crippen molar-refractivity contribution in [1.82, 2.24) is 35.1 Å². The molecule has 1 aliphatic rings. The highest BCUT2D eigenvalue weighted by Gasteiger charge is 2.26. The van der Waals surface area contributed by atoms with Gasteiger partial charge in [-0.2, -0.15) is 10.2 Å². The van der Waals surface area contributed by atoms with Crippen LogP contribution in [0.1, 0.15) is 76.3 Å². The van der Waals surface area contributed by atoms with Gasteiger partial charge >= 0.3 is 0 Å². The van der Waals surface area contributed by atoms with E-state index < -0.39 is 0 Å². The molecule has 0 amide bonds. The standard InChI is InChI=1S/C29H39N7O2/c1-18(2)25-26(21-13-24(37-5)28-32-17-33-36(28)15-21)34-35-27(25)23-12-9-20(14-30-23)19-7-10-22(11-8-19)31-16-29(3,4)38-6/h9,12-15,17-19,22,31H,7-8,10-11,16H2,1-6H3,(H,34,35). The minimum Gasteiger partial charge on any atom is -0.493 e. The van der Waals surface area contributed by atoms with E-state index in [4.69, 9.17) is 19.6 Å². The largest absolute Gasteiger partial charge is 0.493 e. The summed E-state index contributed by atoms with van der Waals surface area (Å²) in [6.45, 7) is 9.48. The van der Waals surface area contributed by atoms with E-state index in [-0.39, 0.29) is 11.5 Å². The Morgan fingerprint density at radius 3 is 2.58 bits per heavy atom. The maximum Gasteiger partial charge on any atom is 0.197 e. The monoisotopic (exact) mass is 517 g/mol. The Morgan fingerprint density at radius 2 is 1.92 bits per heavy atom. The number of H-pyrrole nitrogens is 1. The molecule has 0 aromatic carbocycles. The molecule has 0 unspecified atom stereocenters. The maximum absolute atomic E-state index is 5.57. The van der Waals surface area contributed by atoms with Crippen LogP contribution in [0, 0.1) is 0 Å². The van der Waals surface area contributed by atoms with Crippen molar-refractivity contribution >= 4 is 5.65 Å². The summed E-state index contributed by atoms with van der Waals surface area (Å²) in [5, 5.41) is 16.0. The number of nitrogens with one attached hydrogen (secondary N) is 2. The normalized spacial score (nSPS) is 18.4. The first kappa shape index (κ1) is 26.3. The van der Waals surface area contributed by atoms with E-state index >= 15 is 0 Å². The molecule has 1 saturated carbocycles. The molecule has 0 atom stereocenters. The van der Waals surface area contributed by atoms with E-state index in [9.17, 15) is 0 Å². The smallest absolute Gasteiger partial charge is 0.197 e. The number of hydrogen-bond donors (Lipinski definition) is 2. The van der Waals surface area contributed by atoms with Gasteiger partial charge in [0.15, 0.2) is 11.4 Å². The highest BCUT2D eigenvalue weighted by molar-refractivity contribution is 5.75. The molecule has 0 spiro atoms. The molecule has 9 heteroatoms. The van der Waals surface area contributed by atoms with Crippen LogP contribution >= 0.6 is 0 Å². The summed E-state index contributed by atoms with van der Waals surface area (Å²) in [7, 11) is 3.42. The second-order valence-electron chi connectivity index (χ2n) is 11.2. The summed E-state index contributed by atoms with van der Waals surface area (Å²) < 4.78 is 12.9. The minimum atomic E-state index is -0.132. The number of fused-ring (bicyclic) bond motifs is 1. The van der Waals surface area contributed by atoms with Crippen LogP contribution in [0.3, 0.4) is 0 Å². The van der Waals surface area contributed by atoms with Crippen LogP contribution in [-0.2, 0) is 4.74 Å². The van der Waals surface area contributed by atoms with Gasteiger partial charge in [0.1, 0.15) is 12.0 Å². The highest BCUT2D eigenvalue weighted by Crippen LogP contribution is 2.38. The van der Waals surface area contributed by atoms with Crippen molar-refractivity contribution in [3.63, 3.8) is 0 Å². The summed E-state index contributed by atoms with van der Waals surface area (Å²) in [6.07, 6.45) is 10.2. The Balaban J connectivity index is 1.33. The first-order valence-corrected chi connectivity index (χ1v) is 13.5. The summed E-state index contributed by atoms with van der Waals surface area (Å²) in [4.78, 5) is 9.17. The van der Waals surface area contributed by atoms with E-state index in [1.54, 1.807) is 18.7 Å². The van der Waals surface area contributed by atoms with Gasteiger partial charge in [0.25, 0.3) is 0 Å². The average molecular weight is 518 g/mol. The van der Waals surface area contributed by atoms with Gasteiger partial charge in [-0.1, -0.05) is 19.9 Å². The van der Waals surface area contributed by atoms with Crippen LogP contribution in [0.25, 0.3) is 28.3 Å². The summed E-state index contributed by atoms with van der Waals surface area (Å²) >= 11 is 0. The molecule has 202 valence electrons. The van der Waals surface area contributed by atoms with Crippen molar-refractivity contribution in [2.24, 2.45) is 0 Å². The van der Waals surface area contributed by atoms with Crippen LogP contribution in [0.4, 0.5) is 0 Å². The zero-order chi connectivity index (χ0) is 26.9. The average Bonchev–Trinajstić information content (AvgIpc) is 3.59. The van der Waals surface area contributed by atoms with E-state index in [1.165, 1.54) is 37.6 Å². The van der Waals surface area contributed by atoms with E-state index in [1.807, 2.05) is 18.5 Å². The Bertz CT molecular complexity index is 1370. The quantitative estimate of drug-likeness (QED) is 0.308. The molecule has 1 fully saturated rings. The fourth-order valence-corrected chi connectivity index (χ4v) is 5.39. The summed E-state index contributed by atoms with van der Waals surface area (Å²) in [5.41, 5.74) is 6.64. The minimum absolute atomic E-state index is 0.132. The van der Waals surface area contributed by atoms with Crippen LogP contribution in [0.5, 0.6) is 5.75 Å². The third-order valence-corrected chi connectivity index (χ3v) is 7.83. The Kier molecular flexibility index (Phi) is 7.49. The Labute approximate surface area is 224 Å². The lowest BCUT2D eigenvalue weighted by atomic mass is 9.82. The zero-order valence-electron chi connectivity index (χ0n) is 23.3. The molecule has 0 aliphatic heterocycles. The molecule has 38 heavy (non-hydrogen) atoms. The first-order valence-electron chi connectivity index (χ1n) is 13.5. The van der Waals surface area contributed by atoms with Gasteiger partial charge in [-0.15, -0.1) is 0 Å². The van der Waals surface area contributed by atoms with E-state index in [2.05, 4.69) is 60.3 Å². The van der Waals surface area contributed by atoms with Gasteiger partial charge in [-0.25, -0.2) is 9.50 Å². The lowest BCUT2D eigenvalue weighted by Crippen LogP contribution is -2.43.